The third-order valence-corrected chi connectivity index (χ3v) is 8.34. The fraction of sp³-hybridized carbons (Fsp3) is 0.800. The molecule has 9 heteroatoms. The Balaban J connectivity index is 1.38. The predicted molar refractivity (Wildman–Crippen MR) is 107 cm³/mol. The van der Waals surface area contributed by atoms with Gasteiger partial charge in [-0.2, -0.15) is 0 Å². The van der Waals surface area contributed by atoms with Crippen molar-refractivity contribution in [1.29, 1.82) is 0 Å². The van der Waals surface area contributed by atoms with Gasteiger partial charge in [0.15, 0.2) is 0 Å². The molecule has 0 aromatic heterocycles. The van der Waals surface area contributed by atoms with Crippen molar-refractivity contribution in [2.24, 2.45) is 17.1 Å². The molecule has 2 N–H and O–H groups in total. The molecule has 6 unspecified atom stereocenters. The second kappa shape index (κ2) is 7.67. The van der Waals surface area contributed by atoms with E-state index in [9.17, 15) is 17.2 Å². The highest BCUT2D eigenvalue weighted by atomic mass is 32.2. The van der Waals surface area contributed by atoms with Crippen LogP contribution in [0.4, 0.5) is 8.78 Å². The molecule has 0 amide bonds. The molecule has 29 heavy (non-hydrogen) atoms. The van der Waals surface area contributed by atoms with Gasteiger partial charge in [0.05, 0.1) is 19.0 Å². The molecule has 0 bridgehead atoms. The van der Waals surface area contributed by atoms with Crippen LogP contribution in [0.15, 0.2) is 23.6 Å². The van der Waals surface area contributed by atoms with E-state index in [0.29, 0.717) is 31.7 Å². The van der Waals surface area contributed by atoms with Gasteiger partial charge < -0.3 is 10.5 Å². The standard InChI is InChI=1S/C20H31F2N3O3S/c1-13-7-14(21)8-16(18(13)22)19-17(23)9-15(10-28-19)24-5-3-20(11-24)4-6-25(12-20)29(2,26)27/h7-8,13,15,17-19H,3-6,9-12,23H2,1-2H3. The summed E-state index contributed by atoms with van der Waals surface area (Å²) in [5.74, 6) is -0.959. The normalized spacial score (nSPS) is 42.3. The molecule has 6 atom stereocenters. The molecule has 4 rings (SSSR count). The molecule has 1 spiro atoms. The van der Waals surface area contributed by atoms with Gasteiger partial charge in [-0.15, -0.1) is 0 Å². The second-order valence-electron chi connectivity index (χ2n) is 9.33. The van der Waals surface area contributed by atoms with Gasteiger partial charge >= 0.3 is 0 Å². The number of rotatable bonds is 3. The third kappa shape index (κ3) is 4.17. The Morgan fingerprint density at radius 3 is 2.66 bits per heavy atom. The number of allylic oxidation sites excluding steroid dienone is 3. The van der Waals surface area contributed by atoms with E-state index in [1.54, 1.807) is 11.2 Å². The molecule has 3 saturated heterocycles. The summed E-state index contributed by atoms with van der Waals surface area (Å²) < 4.78 is 59.7. The van der Waals surface area contributed by atoms with Crippen LogP contribution in [-0.4, -0.2) is 81.0 Å². The van der Waals surface area contributed by atoms with E-state index in [0.717, 1.165) is 25.9 Å². The van der Waals surface area contributed by atoms with Gasteiger partial charge in [0, 0.05) is 37.6 Å². The Labute approximate surface area is 171 Å². The van der Waals surface area contributed by atoms with Crippen LogP contribution in [0.1, 0.15) is 26.2 Å². The van der Waals surface area contributed by atoms with E-state index < -0.39 is 40.1 Å². The van der Waals surface area contributed by atoms with E-state index in [2.05, 4.69) is 4.90 Å². The number of sulfonamides is 1. The average Bonchev–Trinajstić information content (AvgIpc) is 3.25. The first-order chi connectivity index (χ1) is 13.6. The summed E-state index contributed by atoms with van der Waals surface area (Å²) in [5.41, 5.74) is 6.67. The van der Waals surface area contributed by atoms with Crippen LogP contribution in [0.25, 0.3) is 0 Å². The van der Waals surface area contributed by atoms with Crippen molar-refractivity contribution in [3.63, 3.8) is 0 Å². The SMILES string of the molecule is CC1C=C(F)C=C(C2OCC(N3CCC4(CCN(S(C)(=O)=O)C4)C3)CC2N)C1F. The Hall–Kier alpha value is -0.870. The van der Waals surface area contributed by atoms with Gasteiger partial charge in [0.25, 0.3) is 0 Å². The summed E-state index contributed by atoms with van der Waals surface area (Å²) in [5, 5.41) is 0. The minimum absolute atomic E-state index is 0.00328. The van der Waals surface area contributed by atoms with E-state index >= 15 is 0 Å². The smallest absolute Gasteiger partial charge is 0.211 e. The number of ether oxygens (including phenoxy) is 1. The number of hydrogen-bond acceptors (Lipinski definition) is 5. The lowest BCUT2D eigenvalue weighted by Gasteiger charge is -2.41. The van der Waals surface area contributed by atoms with Crippen molar-refractivity contribution >= 4 is 10.0 Å². The molecule has 0 radical (unpaired) electrons. The summed E-state index contributed by atoms with van der Waals surface area (Å²) in [7, 11) is -3.16. The van der Waals surface area contributed by atoms with Gasteiger partial charge in [-0.1, -0.05) is 6.92 Å². The highest BCUT2D eigenvalue weighted by molar-refractivity contribution is 7.88. The number of likely N-dealkylation sites (tertiary alicyclic amines) is 1. The first-order valence-electron chi connectivity index (χ1n) is 10.4. The zero-order chi connectivity index (χ0) is 21.0. The minimum Gasteiger partial charge on any atom is -0.370 e. The number of alkyl halides is 1. The van der Waals surface area contributed by atoms with Crippen molar-refractivity contribution in [1.82, 2.24) is 9.21 Å². The molecule has 4 aliphatic rings. The minimum atomic E-state index is -3.16. The first-order valence-corrected chi connectivity index (χ1v) is 12.2. The maximum atomic E-state index is 14.6. The fourth-order valence-corrected chi connectivity index (χ4v) is 6.33. The molecular weight excluding hydrogens is 400 g/mol. The highest BCUT2D eigenvalue weighted by Crippen LogP contribution is 2.42. The van der Waals surface area contributed by atoms with Crippen LogP contribution in [0, 0.1) is 11.3 Å². The molecule has 0 saturated carbocycles. The van der Waals surface area contributed by atoms with E-state index in [1.165, 1.54) is 18.4 Å². The molecular formula is C20H31F2N3O3S. The van der Waals surface area contributed by atoms with Crippen LogP contribution >= 0.6 is 0 Å². The molecule has 3 heterocycles. The van der Waals surface area contributed by atoms with Crippen molar-refractivity contribution in [2.75, 3.05) is 39.0 Å². The zero-order valence-corrected chi connectivity index (χ0v) is 17.9. The van der Waals surface area contributed by atoms with Crippen molar-refractivity contribution in [2.45, 2.75) is 50.5 Å². The van der Waals surface area contributed by atoms with Gasteiger partial charge in [0.1, 0.15) is 12.0 Å². The Morgan fingerprint density at radius 1 is 1.28 bits per heavy atom. The Bertz CT molecular complexity index is 818. The summed E-state index contributed by atoms with van der Waals surface area (Å²) in [6.07, 6.45) is 4.39. The van der Waals surface area contributed by atoms with Crippen LogP contribution in [0.5, 0.6) is 0 Å². The number of halogens is 2. The molecule has 0 aromatic carbocycles. The lowest BCUT2D eigenvalue weighted by atomic mass is 9.84. The van der Waals surface area contributed by atoms with Crippen LogP contribution in [0.2, 0.25) is 0 Å². The highest BCUT2D eigenvalue weighted by Gasteiger charge is 2.48. The van der Waals surface area contributed by atoms with Crippen LogP contribution < -0.4 is 5.73 Å². The van der Waals surface area contributed by atoms with Gasteiger partial charge in [-0.3, -0.25) is 4.90 Å². The molecule has 0 aromatic rings. The monoisotopic (exact) mass is 431 g/mol. The van der Waals surface area contributed by atoms with Crippen molar-refractivity contribution < 1.29 is 21.9 Å². The largest absolute Gasteiger partial charge is 0.370 e. The number of nitrogens with two attached hydrogens (primary N) is 1. The van der Waals surface area contributed by atoms with Crippen molar-refractivity contribution in [3.8, 4) is 0 Å². The average molecular weight is 432 g/mol. The quantitative estimate of drug-likeness (QED) is 0.735. The summed E-state index contributed by atoms with van der Waals surface area (Å²) in [6, 6.07) is -0.281. The molecule has 1 aliphatic carbocycles. The molecule has 3 fully saturated rings. The lowest BCUT2D eigenvalue weighted by molar-refractivity contribution is -0.0347. The topological polar surface area (TPSA) is 75.9 Å². The van der Waals surface area contributed by atoms with Gasteiger partial charge in [0.2, 0.25) is 10.0 Å². The van der Waals surface area contributed by atoms with E-state index in [1.807, 2.05) is 0 Å². The fourth-order valence-electron chi connectivity index (χ4n) is 5.40. The predicted octanol–water partition coefficient (Wildman–Crippen LogP) is 1.60. The molecule has 3 aliphatic heterocycles. The Morgan fingerprint density at radius 2 is 2.00 bits per heavy atom. The maximum absolute atomic E-state index is 14.6. The molecule has 6 nitrogen and oxygen atoms in total. The maximum Gasteiger partial charge on any atom is 0.211 e. The van der Waals surface area contributed by atoms with Crippen LogP contribution in [-0.2, 0) is 14.8 Å². The summed E-state index contributed by atoms with van der Waals surface area (Å²) in [4.78, 5) is 2.34. The number of hydrogen-bond donors (Lipinski definition) is 1. The first kappa shape index (κ1) is 21.4. The third-order valence-electron chi connectivity index (χ3n) is 7.09. The summed E-state index contributed by atoms with van der Waals surface area (Å²) >= 11 is 0. The lowest BCUT2D eigenvalue weighted by Crippen LogP contribution is -2.54. The van der Waals surface area contributed by atoms with Crippen LogP contribution in [0.3, 0.4) is 0 Å². The second-order valence-corrected chi connectivity index (χ2v) is 11.3. The van der Waals surface area contributed by atoms with Crippen molar-refractivity contribution in [3.05, 3.63) is 23.6 Å². The van der Waals surface area contributed by atoms with Gasteiger partial charge in [-0.05, 0) is 48.9 Å². The zero-order valence-electron chi connectivity index (χ0n) is 17.1. The van der Waals surface area contributed by atoms with Gasteiger partial charge in [-0.25, -0.2) is 21.5 Å². The van der Waals surface area contributed by atoms with E-state index in [-0.39, 0.29) is 11.5 Å². The molecule has 164 valence electrons. The Kier molecular flexibility index (Phi) is 5.65. The number of nitrogens with zero attached hydrogens (tertiary/aromatic N) is 2. The van der Waals surface area contributed by atoms with E-state index in [4.69, 9.17) is 10.5 Å². The summed E-state index contributed by atoms with van der Waals surface area (Å²) in [6.45, 7) is 4.94.